The highest BCUT2D eigenvalue weighted by molar-refractivity contribution is 5.89. The van der Waals surface area contributed by atoms with Gasteiger partial charge in [-0.1, -0.05) is 6.42 Å². The zero-order valence-electron chi connectivity index (χ0n) is 14.1. The lowest BCUT2D eigenvalue weighted by Crippen LogP contribution is -2.41. The molecule has 2 heterocycles. The first-order valence-electron chi connectivity index (χ1n) is 8.59. The topological polar surface area (TPSA) is 81.3 Å². The van der Waals surface area contributed by atoms with Crippen molar-refractivity contribution in [3.05, 3.63) is 54.0 Å². The van der Waals surface area contributed by atoms with Crippen molar-refractivity contribution in [2.45, 2.75) is 25.3 Å². The maximum atomic E-state index is 12.2. The number of furan rings is 1. The van der Waals surface area contributed by atoms with Crippen LogP contribution in [0.15, 0.2) is 47.1 Å². The van der Waals surface area contributed by atoms with Crippen LogP contribution in [0.1, 0.15) is 36.6 Å². The molecule has 1 saturated heterocycles. The molecule has 1 atom stereocenters. The molecule has 1 aliphatic rings. The Labute approximate surface area is 147 Å². The van der Waals surface area contributed by atoms with Crippen molar-refractivity contribution in [3.63, 3.8) is 0 Å². The molecule has 0 saturated carbocycles. The van der Waals surface area contributed by atoms with Gasteiger partial charge in [-0.25, -0.2) is 4.79 Å². The van der Waals surface area contributed by atoms with Gasteiger partial charge >= 0.3 is 6.03 Å². The standard InChI is InChI=1S/C19H22N4O2/c20-13-15-6-8-16(9-7-15)22-19(24)21-14-17(18-5-4-12-25-18)23-10-2-1-3-11-23/h4-9,12,17H,1-3,10-11,14H2,(H2,21,22,24). The van der Waals surface area contributed by atoms with Gasteiger partial charge < -0.3 is 15.1 Å². The number of piperidine rings is 1. The second kappa shape index (κ2) is 8.36. The smallest absolute Gasteiger partial charge is 0.319 e. The summed E-state index contributed by atoms with van der Waals surface area (Å²) < 4.78 is 5.58. The third-order valence-electron chi connectivity index (χ3n) is 4.43. The fraction of sp³-hybridized carbons (Fsp3) is 0.368. The average molecular weight is 338 g/mol. The lowest BCUT2D eigenvalue weighted by Gasteiger charge is -2.33. The van der Waals surface area contributed by atoms with Crippen LogP contribution in [0.2, 0.25) is 0 Å². The van der Waals surface area contributed by atoms with Gasteiger partial charge in [0.05, 0.1) is 23.9 Å². The van der Waals surface area contributed by atoms with Gasteiger partial charge in [0.25, 0.3) is 0 Å². The average Bonchev–Trinajstić information content (AvgIpc) is 3.18. The molecular formula is C19H22N4O2. The van der Waals surface area contributed by atoms with Crippen LogP contribution >= 0.6 is 0 Å². The minimum absolute atomic E-state index is 0.0435. The summed E-state index contributed by atoms with van der Waals surface area (Å²) in [5.41, 5.74) is 1.22. The summed E-state index contributed by atoms with van der Waals surface area (Å²) in [6, 6.07) is 12.5. The molecule has 3 rings (SSSR count). The predicted molar refractivity (Wildman–Crippen MR) is 95.1 cm³/mol. The molecule has 1 aromatic carbocycles. The molecule has 1 aliphatic heterocycles. The first kappa shape index (κ1) is 17.1. The van der Waals surface area contributed by atoms with Crippen molar-refractivity contribution in [2.75, 3.05) is 25.0 Å². The molecule has 1 aromatic heterocycles. The molecule has 1 unspecified atom stereocenters. The van der Waals surface area contributed by atoms with Crippen molar-refractivity contribution in [2.24, 2.45) is 0 Å². The van der Waals surface area contributed by atoms with Crippen LogP contribution in [-0.2, 0) is 0 Å². The monoisotopic (exact) mass is 338 g/mol. The zero-order chi connectivity index (χ0) is 17.5. The van der Waals surface area contributed by atoms with Gasteiger partial charge in [0.15, 0.2) is 0 Å². The van der Waals surface area contributed by atoms with E-state index in [1.807, 2.05) is 12.1 Å². The maximum Gasteiger partial charge on any atom is 0.319 e. The number of nitrogens with zero attached hydrogens (tertiary/aromatic N) is 2. The fourth-order valence-electron chi connectivity index (χ4n) is 3.11. The number of anilines is 1. The molecule has 6 heteroatoms. The van der Waals surface area contributed by atoms with E-state index in [1.165, 1.54) is 19.3 Å². The lowest BCUT2D eigenvalue weighted by atomic mass is 10.1. The van der Waals surface area contributed by atoms with E-state index >= 15 is 0 Å². The normalized spacial score (nSPS) is 16.0. The molecule has 6 nitrogen and oxygen atoms in total. The van der Waals surface area contributed by atoms with Gasteiger partial charge in [0, 0.05) is 12.2 Å². The van der Waals surface area contributed by atoms with Crippen LogP contribution < -0.4 is 10.6 Å². The predicted octanol–water partition coefficient (Wildman–Crippen LogP) is 3.50. The Bertz CT molecular complexity index is 713. The lowest BCUT2D eigenvalue weighted by molar-refractivity contribution is 0.144. The van der Waals surface area contributed by atoms with Gasteiger partial charge in [-0.3, -0.25) is 4.90 Å². The Morgan fingerprint density at radius 3 is 2.60 bits per heavy atom. The molecule has 0 spiro atoms. The van der Waals surface area contributed by atoms with Gasteiger partial charge in [0.1, 0.15) is 5.76 Å². The van der Waals surface area contributed by atoms with E-state index in [-0.39, 0.29) is 12.1 Å². The molecule has 25 heavy (non-hydrogen) atoms. The summed E-state index contributed by atoms with van der Waals surface area (Å²) in [5.74, 6) is 0.876. The number of nitrogens with one attached hydrogen (secondary N) is 2. The van der Waals surface area contributed by atoms with E-state index in [2.05, 4.69) is 21.6 Å². The molecule has 0 bridgehead atoms. The number of amides is 2. The number of nitriles is 1. The maximum absolute atomic E-state index is 12.2. The highest BCUT2D eigenvalue weighted by Crippen LogP contribution is 2.24. The quantitative estimate of drug-likeness (QED) is 0.874. The van der Waals surface area contributed by atoms with Gasteiger partial charge in [0.2, 0.25) is 0 Å². The third kappa shape index (κ3) is 4.61. The highest BCUT2D eigenvalue weighted by Gasteiger charge is 2.24. The van der Waals surface area contributed by atoms with Gasteiger partial charge in [-0.2, -0.15) is 5.26 Å². The minimum atomic E-state index is -0.265. The van der Waals surface area contributed by atoms with Crippen molar-refractivity contribution in [3.8, 4) is 6.07 Å². The number of benzene rings is 1. The van der Waals surface area contributed by atoms with E-state index in [4.69, 9.17) is 9.68 Å². The van der Waals surface area contributed by atoms with E-state index < -0.39 is 0 Å². The number of rotatable bonds is 5. The Morgan fingerprint density at radius 2 is 1.96 bits per heavy atom. The Kier molecular flexibility index (Phi) is 5.70. The van der Waals surface area contributed by atoms with Crippen LogP contribution in [0.5, 0.6) is 0 Å². The van der Waals surface area contributed by atoms with Crippen LogP contribution in [0.4, 0.5) is 10.5 Å². The Hall–Kier alpha value is -2.78. The molecule has 0 aliphatic carbocycles. The highest BCUT2D eigenvalue weighted by atomic mass is 16.3. The second-order valence-corrected chi connectivity index (χ2v) is 6.15. The van der Waals surface area contributed by atoms with E-state index in [0.29, 0.717) is 17.8 Å². The summed E-state index contributed by atoms with van der Waals surface area (Å²) in [7, 11) is 0. The largest absolute Gasteiger partial charge is 0.468 e. The Morgan fingerprint density at radius 1 is 1.20 bits per heavy atom. The minimum Gasteiger partial charge on any atom is -0.468 e. The number of hydrogen-bond acceptors (Lipinski definition) is 4. The zero-order valence-corrected chi connectivity index (χ0v) is 14.1. The van der Waals surface area contributed by atoms with Crippen molar-refractivity contribution >= 4 is 11.7 Å². The SMILES string of the molecule is N#Cc1ccc(NC(=O)NCC(c2ccco2)N2CCCCC2)cc1. The summed E-state index contributed by atoms with van der Waals surface area (Å²) in [6.07, 6.45) is 5.28. The molecule has 2 N–H and O–H groups in total. The fourth-order valence-corrected chi connectivity index (χ4v) is 3.11. The van der Waals surface area contributed by atoms with E-state index in [1.54, 1.807) is 30.5 Å². The van der Waals surface area contributed by atoms with Crippen LogP contribution in [0.3, 0.4) is 0 Å². The first-order chi connectivity index (χ1) is 12.3. The number of hydrogen-bond donors (Lipinski definition) is 2. The molecule has 2 aromatic rings. The molecular weight excluding hydrogens is 316 g/mol. The van der Waals surface area contributed by atoms with Crippen LogP contribution in [0.25, 0.3) is 0 Å². The summed E-state index contributed by atoms with van der Waals surface area (Å²) in [4.78, 5) is 14.6. The molecule has 2 amide bonds. The van der Waals surface area contributed by atoms with Crippen LogP contribution in [-0.4, -0.2) is 30.6 Å². The third-order valence-corrected chi connectivity index (χ3v) is 4.43. The number of likely N-dealkylation sites (tertiary alicyclic amines) is 1. The van der Waals surface area contributed by atoms with E-state index in [0.717, 1.165) is 18.8 Å². The van der Waals surface area contributed by atoms with Gasteiger partial charge in [-0.05, 0) is 62.3 Å². The molecule has 0 radical (unpaired) electrons. The second-order valence-electron chi connectivity index (χ2n) is 6.15. The first-order valence-corrected chi connectivity index (χ1v) is 8.59. The van der Waals surface area contributed by atoms with Crippen molar-refractivity contribution < 1.29 is 9.21 Å². The molecule has 1 fully saturated rings. The summed E-state index contributed by atoms with van der Waals surface area (Å²) in [6.45, 7) is 2.52. The number of carbonyl (C=O) groups excluding carboxylic acids is 1. The summed E-state index contributed by atoms with van der Waals surface area (Å²) in [5, 5.41) is 14.5. The van der Waals surface area contributed by atoms with Gasteiger partial charge in [-0.15, -0.1) is 0 Å². The van der Waals surface area contributed by atoms with E-state index in [9.17, 15) is 4.79 Å². The van der Waals surface area contributed by atoms with Crippen molar-refractivity contribution in [1.29, 1.82) is 5.26 Å². The Balaban J connectivity index is 1.58. The van der Waals surface area contributed by atoms with Crippen molar-refractivity contribution in [1.82, 2.24) is 10.2 Å². The van der Waals surface area contributed by atoms with Crippen LogP contribution in [0, 0.1) is 11.3 Å². The summed E-state index contributed by atoms with van der Waals surface area (Å²) >= 11 is 0. The number of urea groups is 1. The molecule has 130 valence electrons. The number of carbonyl (C=O) groups is 1.